The molecule has 0 N–H and O–H groups in total. The Kier molecular flexibility index (Phi) is 3.98. The van der Waals surface area contributed by atoms with E-state index in [2.05, 4.69) is 4.74 Å². The van der Waals surface area contributed by atoms with Gasteiger partial charge in [-0.3, -0.25) is 0 Å². The van der Waals surface area contributed by atoms with Crippen molar-refractivity contribution in [2.75, 3.05) is 7.11 Å². The zero-order valence-electron chi connectivity index (χ0n) is 8.43. The molecular formula is C10H5F3INO2. The summed E-state index contributed by atoms with van der Waals surface area (Å²) in [6.07, 6.45) is -4.63. The zero-order chi connectivity index (χ0) is 13.2. The molecule has 1 aromatic carbocycles. The van der Waals surface area contributed by atoms with Gasteiger partial charge in [0.25, 0.3) is 0 Å². The Labute approximate surface area is 108 Å². The van der Waals surface area contributed by atoms with E-state index in [0.717, 1.165) is 19.2 Å². The van der Waals surface area contributed by atoms with Gasteiger partial charge in [-0.1, -0.05) is 0 Å². The van der Waals surface area contributed by atoms with Gasteiger partial charge >= 0.3 is 12.1 Å². The minimum atomic E-state index is -4.63. The summed E-state index contributed by atoms with van der Waals surface area (Å²) >= 11 is 1.43. The van der Waals surface area contributed by atoms with E-state index in [1.807, 2.05) is 0 Å². The maximum absolute atomic E-state index is 12.6. The smallest absolute Gasteiger partial charge is 0.418 e. The standard InChI is InChI=1S/C10H5F3INO2/c1-17-9(16)5-2-6(4-15)8(7(14)3-5)10(11,12)13/h2-3H,1H3. The number of hydrogen-bond donors (Lipinski definition) is 0. The number of esters is 1. The third kappa shape index (κ3) is 2.88. The molecule has 1 rings (SSSR count). The first-order valence-corrected chi connectivity index (χ1v) is 5.28. The largest absolute Gasteiger partial charge is 0.465 e. The van der Waals surface area contributed by atoms with Crippen molar-refractivity contribution in [1.29, 1.82) is 5.26 Å². The lowest BCUT2D eigenvalue weighted by atomic mass is 10.0. The molecule has 0 fully saturated rings. The lowest BCUT2D eigenvalue weighted by Gasteiger charge is -2.12. The number of benzene rings is 1. The maximum Gasteiger partial charge on any atom is 0.418 e. The molecule has 1 aromatic rings. The fourth-order valence-electron chi connectivity index (χ4n) is 1.22. The van der Waals surface area contributed by atoms with E-state index in [-0.39, 0.29) is 9.13 Å². The molecule has 0 aliphatic rings. The Morgan fingerprint density at radius 1 is 1.47 bits per heavy atom. The van der Waals surface area contributed by atoms with Gasteiger partial charge in [-0.05, 0) is 34.7 Å². The summed E-state index contributed by atoms with van der Waals surface area (Å²) < 4.78 is 42.1. The quantitative estimate of drug-likeness (QED) is 0.575. The van der Waals surface area contributed by atoms with Crippen LogP contribution in [0.4, 0.5) is 13.2 Å². The van der Waals surface area contributed by atoms with Crippen LogP contribution >= 0.6 is 22.6 Å². The number of alkyl halides is 3. The molecule has 7 heteroatoms. The van der Waals surface area contributed by atoms with Crippen LogP contribution in [0, 0.1) is 14.9 Å². The Morgan fingerprint density at radius 3 is 2.47 bits per heavy atom. The molecule has 0 radical (unpaired) electrons. The molecule has 0 unspecified atom stereocenters. The van der Waals surface area contributed by atoms with E-state index >= 15 is 0 Å². The second-order valence-corrected chi connectivity index (χ2v) is 4.14. The molecule has 3 nitrogen and oxygen atoms in total. The SMILES string of the molecule is COC(=O)c1cc(I)c(C(F)(F)F)c(C#N)c1. The molecule has 0 saturated carbocycles. The molecule has 0 heterocycles. The summed E-state index contributed by atoms with van der Waals surface area (Å²) in [7, 11) is 1.11. The Morgan fingerprint density at radius 2 is 2.06 bits per heavy atom. The third-order valence-corrected chi connectivity index (χ3v) is 2.77. The topological polar surface area (TPSA) is 50.1 Å². The van der Waals surface area contributed by atoms with Gasteiger partial charge < -0.3 is 4.74 Å². The van der Waals surface area contributed by atoms with E-state index in [9.17, 15) is 18.0 Å². The lowest BCUT2D eigenvalue weighted by molar-refractivity contribution is -0.138. The second-order valence-electron chi connectivity index (χ2n) is 2.98. The fourth-order valence-corrected chi connectivity index (χ4v) is 2.15. The van der Waals surface area contributed by atoms with Crippen molar-refractivity contribution in [2.24, 2.45) is 0 Å². The van der Waals surface area contributed by atoms with Gasteiger partial charge in [0.05, 0.1) is 29.9 Å². The normalized spacial score (nSPS) is 10.8. The highest BCUT2D eigenvalue weighted by molar-refractivity contribution is 14.1. The van der Waals surface area contributed by atoms with Crippen LogP contribution in [0.15, 0.2) is 12.1 Å². The third-order valence-electron chi connectivity index (χ3n) is 1.92. The van der Waals surface area contributed by atoms with Crippen LogP contribution in [-0.4, -0.2) is 13.1 Å². The number of ether oxygens (including phenoxy) is 1. The van der Waals surface area contributed by atoms with Crippen LogP contribution in [-0.2, 0) is 10.9 Å². The van der Waals surface area contributed by atoms with Crippen molar-refractivity contribution in [1.82, 2.24) is 0 Å². The van der Waals surface area contributed by atoms with Crippen molar-refractivity contribution < 1.29 is 22.7 Å². The number of rotatable bonds is 1. The maximum atomic E-state index is 12.6. The van der Waals surface area contributed by atoms with Gasteiger partial charge in [0, 0.05) is 3.57 Å². The monoisotopic (exact) mass is 355 g/mol. The molecule has 0 bridgehead atoms. The molecule has 90 valence electrons. The molecule has 0 saturated heterocycles. The highest BCUT2D eigenvalue weighted by Crippen LogP contribution is 2.36. The molecule has 0 aromatic heterocycles. The van der Waals surface area contributed by atoms with Gasteiger partial charge in [0.1, 0.15) is 0 Å². The second kappa shape index (κ2) is 4.91. The fraction of sp³-hybridized carbons (Fsp3) is 0.200. The summed E-state index contributed by atoms with van der Waals surface area (Å²) in [5, 5.41) is 8.68. The first-order valence-electron chi connectivity index (χ1n) is 4.20. The molecule has 0 atom stereocenters. The number of nitrogens with zero attached hydrogens (tertiary/aromatic N) is 1. The minimum Gasteiger partial charge on any atom is -0.465 e. The lowest BCUT2D eigenvalue weighted by Crippen LogP contribution is -2.13. The molecule has 0 aliphatic carbocycles. The van der Waals surface area contributed by atoms with Crippen molar-refractivity contribution in [3.05, 3.63) is 32.4 Å². The zero-order valence-corrected chi connectivity index (χ0v) is 10.6. The number of nitriles is 1. The Hall–Kier alpha value is -1.30. The summed E-state index contributed by atoms with van der Waals surface area (Å²) in [6, 6.07) is 3.34. The van der Waals surface area contributed by atoms with Gasteiger partial charge in [-0.25, -0.2) is 4.79 Å². The van der Waals surface area contributed by atoms with Crippen molar-refractivity contribution in [2.45, 2.75) is 6.18 Å². The van der Waals surface area contributed by atoms with E-state index in [4.69, 9.17) is 5.26 Å². The number of halogens is 4. The molecule has 17 heavy (non-hydrogen) atoms. The highest BCUT2D eigenvalue weighted by Gasteiger charge is 2.36. The number of carbonyl (C=O) groups excluding carboxylic acids is 1. The van der Waals surface area contributed by atoms with E-state index in [1.54, 1.807) is 0 Å². The highest BCUT2D eigenvalue weighted by atomic mass is 127. The van der Waals surface area contributed by atoms with E-state index in [1.165, 1.54) is 28.7 Å². The number of carbonyl (C=O) groups is 1. The average molecular weight is 355 g/mol. The van der Waals surface area contributed by atoms with Gasteiger partial charge in [0.15, 0.2) is 0 Å². The van der Waals surface area contributed by atoms with Crippen LogP contribution in [0.25, 0.3) is 0 Å². The molecule has 0 amide bonds. The van der Waals surface area contributed by atoms with E-state index < -0.39 is 23.3 Å². The van der Waals surface area contributed by atoms with Crippen LogP contribution < -0.4 is 0 Å². The minimum absolute atomic E-state index is 0.0820. The van der Waals surface area contributed by atoms with Crippen LogP contribution in [0.1, 0.15) is 21.5 Å². The number of hydrogen-bond acceptors (Lipinski definition) is 3. The molecule has 0 aliphatic heterocycles. The van der Waals surface area contributed by atoms with Crippen molar-refractivity contribution >= 4 is 28.6 Å². The number of methoxy groups -OCH3 is 1. The van der Waals surface area contributed by atoms with Gasteiger partial charge in [-0.15, -0.1) is 0 Å². The van der Waals surface area contributed by atoms with E-state index in [0.29, 0.717) is 0 Å². The van der Waals surface area contributed by atoms with Gasteiger partial charge in [0.2, 0.25) is 0 Å². The van der Waals surface area contributed by atoms with Crippen molar-refractivity contribution in [3.8, 4) is 6.07 Å². The van der Waals surface area contributed by atoms with Crippen LogP contribution in [0.2, 0.25) is 0 Å². The Balaban J connectivity index is 3.48. The van der Waals surface area contributed by atoms with Crippen LogP contribution in [0.3, 0.4) is 0 Å². The average Bonchev–Trinajstić information content (AvgIpc) is 2.24. The van der Waals surface area contributed by atoms with Crippen LogP contribution in [0.5, 0.6) is 0 Å². The first-order chi connectivity index (χ1) is 7.81. The Bertz CT molecular complexity index is 505. The van der Waals surface area contributed by atoms with Gasteiger partial charge in [-0.2, -0.15) is 18.4 Å². The summed E-state index contributed by atoms with van der Waals surface area (Å²) in [5.74, 6) is -0.784. The molecule has 0 spiro atoms. The molecular weight excluding hydrogens is 350 g/mol. The first kappa shape index (κ1) is 13.8. The summed E-state index contributed by atoms with van der Waals surface area (Å²) in [6.45, 7) is 0. The predicted molar refractivity (Wildman–Crippen MR) is 60.2 cm³/mol. The predicted octanol–water partition coefficient (Wildman–Crippen LogP) is 2.97. The summed E-state index contributed by atoms with van der Waals surface area (Å²) in [4.78, 5) is 11.2. The van der Waals surface area contributed by atoms with Crippen molar-refractivity contribution in [3.63, 3.8) is 0 Å². The summed E-state index contributed by atoms with van der Waals surface area (Å²) in [5.41, 5.74) is -1.71.